The molecule has 6 rings (SSSR count). The summed E-state index contributed by atoms with van der Waals surface area (Å²) in [5.41, 5.74) is 3.62. The molecule has 1 amide bonds. The fourth-order valence-electron chi connectivity index (χ4n) is 5.04. The quantitative estimate of drug-likeness (QED) is 0.329. The van der Waals surface area contributed by atoms with Gasteiger partial charge in [0.2, 0.25) is 0 Å². The monoisotopic (exact) mass is 498 g/mol. The molecule has 1 fully saturated rings. The Hall–Kier alpha value is -4.46. The number of benzene rings is 3. The van der Waals surface area contributed by atoms with Crippen LogP contribution in [-0.2, 0) is 16.0 Å². The van der Waals surface area contributed by atoms with Crippen molar-refractivity contribution in [2.45, 2.75) is 12.5 Å². The van der Waals surface area contributed by atoms with Crippen molar-refractivity contribution in [2.24, 2.45) is 0 Å². The Bertz CT molecular complexity index is 1440. The van der Waals surface area contributed by atoms with Crippen LogP contribution in [0.25, 0.3) is 5.76 Å². The minimum atomic E-state index is -0.830. The van der Waals surface area contributed by atoms with Crippen LogP contribution in [0.5, 0.6) is 17.2 Å². The van der Waals surface area contributed by atoms with Gasteiger partial charge in [0, 0.05) is 43.5 Å². The molecule has 0 radical (unpaired) electrons. The Labute approximate surface area is 214 Å². The smallest absolute Gasteiger partial charge is 0.300 e. The van der Waals surface area contributed by atoms with E-state index in [1.54, 1.807) is 30.3 Å². The maximum absolute atomic E-state index is 13.5. The standard InChI is InChI=1S/C29H26N2O6/c1-30(2)20-6-3-17(4-7-20)26-25(27(32)19-5-9-22-18(15-19)11-12-35-22)28(33)29(34)31(26)21-8-10-23-24(16-21)37-14-13-36-23/h3-10,15-16,26,32H,11-14H2,1-2H3/b27-25+. The minimum absolute atomic E-state index is 0.0383. The second kappa shape index (κ2) is 8.89. The van der Waals surface area contributed by atoms with E-state index in [1.165, 1.54) is 4.90 Å². The fraction of sp³-hybridized carbons (Fsp3) is 0.241. The predicted octanol–water partition coefficient (Wildman–Crippen LogP) is 4.09. The molecule has 1 saturated heterocycles. The second-order valence-corrected chi connectivity index (χ2v) is 9.40. The van der Waals surface area contributed by atoms with Gasteiger partial charge in [-0.1, -0.05) is 12.1 Å². The lowest BCUT2D eigenvalue weighted by Gasteiger charge is -2.27. The van der Waals surface area contributed by atoms with Crippen LogP contribution in [0.1, 0.15) is 22.7 Å². The molecule has 3 aliphatic rings. The van der Waals surface area contributed by atoms with Gasteiger partial charge in [-0.25, -0.2) is 0 Å². The Balaban J connectivity index is 1.51. The average Bonchev–Trinajstić information content (AvgIpc) is 3.50. The maximum atomic E-state index is 13.5. The van der Waals surface area contributed by atoms with Gasteiger partial charge in [0.15, 0.2) is 11.5 Å². The summed E-state index contributed by atoms with van der Waals surface area (Å²) in [6.07, 6.45) is 0.720. The van der Waals surface area contributed by atoms with Gasteiger partial charge in [-0.15, -0.1) is 0 Å². The van der Waals surface area contributed by atoms with Crippen LogP contribution in [-0.4, -0.2) is 50.7 Å². The van der Waals surface area contributed by atoms with Crippen molar-refractivity contribution in [1.29, 1.82) is 0 Å². The van der Waals surface area contributed by atoms with Crippen LogP contribution in [0.4, 0.5) is 11.4 Å². The molecule has 37 heavy (non-hydrogen) atoms. The van der Waals surface area contributed by atoms with E-state index in [2.05, 4.69) is 0 Å². The number of Topliss-reactive ketones (excluding diaryl/α,β-unsaturated/α-hetero) is 1. The van der Waals surface area contributed by atoms with Crippen molar-refractivity contribution in [3.63, 3.8) is 0 Å². The number of carbonyl (C=O) groups is 2. The molecular weight excluding hydrogens is 472 g/mol. The summed E-state index contributed by atoms with van der Waals surface area (Å²) < 4.78 is 16.9. The van der Waals surface area contributed by atoms with E-state index in [1.807, 2.05) is 49.3 Å². The highest BCUT2D eigenvalue weighted by molar-refractivity contribution is 6.51. The van der Waals surface area contributed by atoms with Crippen molar-refractivity contribution < 1.29 is 28.9 Å². The van der Waals surface area contributed by atoms with E-state index < -0.39 is 17.7 Å². The van der Waals surface area contributed by atoms with E-state index >= 15 is 0 Å². The number of aliphatic hydroxyl groups is 1. The first kappa shape index (κ1) is 23.0. The molecule has 188 valence electrons. The van der Waals surface area contributed by atoms with E-state index in [0.717, 1.165) is 23.4 Å². The molecule has 1 unspecified atom stereocenters. The zero-order valence-electron chi connectivity index (χ0n) is 20.6. The van der Waals surface area contributed by atoms with E-state index in [0.29, 0.717) is 48.1 Å². The van der Waals surface area contributed by atoms with E-state index in [9.17, 15) is 14.7 Å². The highest BCUT2D eigenvalue weighted by Gasteiger charge is 2.47. The molecule has 3 aromatic carbocycles. The van der Waals surface area contributed by atoms with Crippen LogP contribution >= 0.6 is 0 Å². The molecule has 0 saturated carbocycles. The summed E-state index contributed by atoms with van der Waals surface area (Å²) in [7, 11) is 3.88. The lowest BCUT2D eigenvalue weighted by atomic mass is 9.94. The first-order chi connectivity index (χ1) is 17.9. The molecule has 0 aliphatic carbocycles. The lowest BCUT2D eigenvalue weighted by Crippen LogP contribution is -2.29. The van der Waals surface area contributed by atoms with Crippen LogP contribution in [0.2, 0.25) is 0 Å². The van der Waals surface area contributed by atoms with Gasteiger partial charge >= 0.3 is 0 Å². The molecule has 8 heteroatoms. The SMILES string of the molecule is CN(C)c1ccc(C2/C(=C(\O)c3ccc4c(c3)CCO4)C(=O)C(=O)N2c2ccc3c(c2)OCCO3)cc1. The van der Waals surface area contributed by atoms with Gasteiger partial charge < -0.3 is 24.2 Å². The van der Waals surface area contributed by atoms with Crippen LogP contribution in [0.3, 0.4) is 0 Å². The predicted molar refractivity (Wildman–Crippen MR) is 139 cm³/mol. The number of nitrogens with zero attached hydrogens (tertiary/aromatic N) is 2. The van der Waals surface area contributed by atoms with E-state index in [-0.39, 0.29) is 11.3 Å². The second-order valence-electron chi connectivity index (χ2n) is 9.40. The Morgan fingerprint density at radius 3 is 2.32 bits per heavy atom. The van der Waals surface area contributed by atoms with Gasteiger partial charge in [-0.3, -0.25) is 14.5 Å². The van der Waals surface area contributed by atoms with Crippen molar-refractivity contribution in [2.75, 3.05) is 43.7 Å². The number of anilines is 2. The van der Waals surface area contributed by atoms with Gasteiger partial charge in [-0.2, -0.15) is 0 Å². The van der Waals surface area contributed by atoms with Crippen molar-refractivity contribution in [1.82, 2.24) is 0 Å². The number of hydrogen-bond acceptors (Lipinski definition) is 7. The Morgan fingerprint density at radius 2 is 1.57 bits per heavy atom. The summed E-state index contributed by atoms with van der Waals surface area (Å²) in [6.45, 7) is 1.42. The number of amides is 1. The first-order valence-corrected chi connectivity index (χ1v) is 12.2. The molecule has 1 N–H and O–H groups in total. The molecule has 1 atom stereocenters. The van der Waals surface area contributed by atoms with Crippen molar-refractivity contribution >= 4 is 28.8 Å². The molecule has 0 aromatic heterocycles. The Kier molecular flexibility index (Phi) is 5.52. The third-order valence-corrected chi connectivity index (χ3v) is 6.94. The highest BCUT2D eigenvalue weighted by Crippen LogP contribution is 2.45. The number of aliphatic hydroxyl groups excluding tert-OH is 1. The molecule has 8 nitrogen and oxygen atoms in total. The lowest BCUT2D eigenvalue weighted by molar-refractivity contribution is -0.132. The van der Waals surface area contributed by atoms with Gasteiger partial charge in [0.25, 0.3) is 11.7 Å². The fourth-order valence-corrected chi connectivity index (χ4v) is 5.04. The third-order valence-electron chi connectivity index (χ3n) is 6.94. The number of rotatable bonds is 4. The number of fused-ring (bicyclic) bond motifs is 2. The maximum Gasteiger partial charge on any atom is 0.300 e. The summed E-state index contributed by atoms with van der Waals surface area (Å²) in [5.74, 6) is 0.180. The van der Waals surface area contributed by atoms with Crippen LogP contribution in [0.15, 0.2) is 66.2 Å². The summed E-state index contributed by atoms with van der Waals surface area (Å²) in [4.78, 5) is 30.4. The molecule has 0 bridgehead atoms. The summed E-state index contributed by atoms with van der Waals surface area (Å²) >= 11 is 0. The molecule has 3 aromatic rings. The van der Waals surface area contributed by atoms with Crippen molar-refractivity contribution in [3.05, 3.63) is 82.9 Å². The molecular formula is C29H26N2O6. The summed E-state index contributed by atoms with van der Waals surface area (Å²) in [5, 5.41) is 11.5. The van der Waals surface area contributed by atoms with Gasteiger partial charge in [0.05, 0.1) is 18.2 Å². The van der Waals surface area contributed by atoms with Crippen LogP contribution < -0.4 is 24.0 Å². The molecule has 3 heterocycles. The third kappa shape index (κ3) is 3.85. The molecule has 0 spiro atoms. The largest absolute Gasteiger partial charge is 0.507 e. The zero-order chi connectivity index (χ0) is 25.7. The van der Waals surface area contributed by atoms with Gasteiger partial charge in [0.1, 0.15) is 24.7 Å². The van der Waals surface area contributed by atoms with Gasteiger partial charge in [-0.05, 0) is 53.6 Å². The highest BCUT2D eigenvalue weighted by atomic mass is 16.6. The average molecular weight is 499 g/mol. The topological polar surface area (TPSA) is 88.5 Å². The van der Waals surface area contributed by atoms with Crippen molar-refractivity contribution in [3.8, 4) is 17.2 Å². The normalized spacial score (nSPS) is 19.5. The number of ether oxygens (including phenoxy) is 3. The minimum Gasteiger partial charge on any atom is -0.507 e. The van der Waals surface area contributed by atoms with E-state index in [4.69, 9.17) is 14.2 Å². The Morgan fingerprint density at radius 1 is 0.865 bits per heavy atom. The van der Waals surface area contributed by atoms with Crippen LogP contribution in [0, 0.1) is 0 Å². The number of ketones is 1. The zero-order valence-corrected chi connectivity index (χ0v) is 20.6. The summed E-state index contributed by atoms with van der Waals surface area (Å²) in [6, 6.07) is 17.2. The number of hydrogen-bond donors (Lipinski definition) is 1. The molecule has 3 aliphatic heterocycles. The number of carbonyl (C=O) groups excluding carboxylic acids is 2. The first-order valence-electron chi connectivity index (χ1n) is 12.2.